The number of benzene rings is 1. The molecule has 0 spiro atoms. The summed E-state index contributed by atoms with van der Waals surface area (Å²) in [5, 5.41) is 0. The van der Waals surface area contributed by atoms with Gasteiger partial charge in [-0.25, -0.2) is 0 Å². The zero-order valence-electron chi connectivity index (χ0n) is 17.0. The summed E-state index contributed by atoms with van der Waals surface area (Å²) in [5.41, 5.74) is 1.52. The second-order valence-corrected chi connectivity index (χ2v) is 8.97. The first kappa shape index (κ1) is 19.0. The van der Waals surface area contributed by atoms with E-state index in [1.54, 1.807) is 0 Å². The lowest BCUT2D eigenvalue weighted by Crippen LogP contribution is -2.64. The number of rotatable bonds is 6. The van der Waals surface area contributed by atoms with Gasteiger partial charge in [0.25, 0.3) is 0 Å². The first-order chi connectivity index (χ1) is 13.7. The maximum atomic E-state index is 6.53. The molecule has 0 N–H and O–H groups in total. The highest BCUT2D eigenvalue weighted by molar-refractivity contribution is 5.23. The van der Waals surface area contributed by atoms with Crippen LogP contribution >= 0.6 is 0 Å². The van der Waals surface area contributed by atoms with E-state index in [-0.39, 0.29) is 11.8 Å². The zero-order chi connectivity index (χ0) is 19.0. The largest absolute Gasteiger partial charge is 0.353 e. The first-order valence-electron chi connectivity index (χ1n) is 11.0. The molecule has 6 rings (SSSR count). The van der Waals surface area contributed by atoms with Crippen LogP contribution in [-0.4, -0.2) is 55.5 Å². The van der Waals surface area contributed by atoms with Crippen LogP contribution in [0.15, 0.2) is 30.3 Å². The van der Waals surface area contributed by atoms with Crippen LogP contribution in [0.5, 0.6) is 0 Å². The molecule has 1 aromatic carbocycles. The van der Waals surface area contributed by atoms with Crippen LogP contribution in [0, 0.1) is 0 Å². The van der Waals surface area contributed by atoms with E-state index in [1.165, 1.54) is 24.8 Å². The van der Waals surface area contributed by atoms with Crippen molar-refractivity contribution in [3.05, 3.63) is 35.9 Å². The van der Waals surface area contributed by atoms with Crippen LogP contribution in [0.1, 0.15) is 63.0 Å². The third-order valence-corrected chi connectivity index (χ3v) is 7.43. The maximum absolute atomic E-state index is 6.53. The van der Waals surface area contributed by atoms with Crippen LogP contribution < -0.4 is 0 Å². The van der Waals surface area contributed by atoms with E-state index in [1.807, 2.05) is 7.11 Å². The summed E-state index contributed by atoms with van der Waals surface area (Å²) < 4.78 is 24.0. The van der Waals surface area contributed by atoms with E-state index < -0.39 is 5.79 Å². The Hall–Kier alpha value is -0.980. The molecule has 0 aliphatic carbocycles. The Labute approximate surface area is 168 Å². The lowest BCUT2D eigenvalue weighted by atomic mass is 9.68. The van der Waals surface area contributed by atoms with E-state index in [9.17, 15) is 0 Å². The van der Waals surface area contributed by atoms with Gasteiger partial charge in [0.2, 0.25) is 0 Å². The highest BCUT2D eigenvalue weighted by atomic mass is 16.7. The molecule has 1 unspecified atom stereocenters. The maximum Gasteiger partial charge on any atom is 0.171 e. The Morgan fingerprint density at radius 2 is 2.00 bits per heavy atom. The van der Waals surface area contributed by atoms with Gasteiger partial charge < -0.3 is 18.9 Å². The van der Waals surface area contributed by atoms with Crippen molar-refractivity contribution in [1.82, 2.24) is 4.90 Å². The number of ether oxygens (including phenoxy) is 4. The van der Waals surface area contributed by atoms with Gasteiger partial charge in [0.1, 0.15) is 0 Å². The second-order valence-electron chi connectivity index (χ2n) is 8.97. The second kappa shape index (κ2) is 7.69. The van der Waals surface area contributed by atoms with Gasteiger partial charge in [-0.3, -0.25) is 4.90 Å². The Morgan fingerprint density at radius 1 is 1.18 bits per heavy atom. The number of piperidine rings is 2. The summed E-state index contributed by atoms with van der Waals surface area (Å²) in [5.74, 6) is -0.425. The van der Waals surface area contributed by atoms with Crippen LogP contribution in [-0.2, 0) is 18.9 Å². The van der Waals surface area contributed by atoms with E-state index >= 15 is 0 Å². The lowest BCUT2D eigenvalue weighted by molar-refractivity contribution is -0.255. The van der Waals surface area contributed by atoms with Gasteiger partial charge in [-0.1, -0.05) is 36.8 Å². The van der Waals surface area contributed by atoms with Crippen molar-refractivity contribution in [2.75, 3.05) is 26.9 Å². The number of hydrogen-bond acceptors (Lipinski definition) is 5. The van der Waals surface area contributed by atoms with Crippen LogP contribution in [0.4, 0.5) is 0 Å². The van der Waals surface area contributed by atoms with Gasteiger partial charge in [-0.05, 0) is 37.7 Å². The normalized spacial score (nSPS) is 40.5. The molecule has 5 fully saturated rings. The minimum atomic E-state index is -0.425. The molecule has 0 aromatic heterocycles. The van der Waals surface area contributed by atoms with E-state index in [2.05, 4.69) is 35.2 Å². The predicted molar refractivity (Wildman–Crippen MR) is 106 cm³/mol. The molecule has 0 saturated carbocycles. The predicted octanol–water partition coefficient (Wildman–Crippen LogP) is 4.03. The average molecular weight is 388 g/mol. The molecule has 5 aliphatic heterocycles. The molecule has 154 valence electrons. The SMILES string of the molecule is CO[C@]12C[C@@H]3CCC[C@](CCCC4OCCO4)(C1)N3[C@H](c1ccccc1)CO2. The minimum Gasteiger partial charge on any atom is -0.353 e. The summed E-state index contributed by atoms with van der Waals surface area (Å²) in [4.78, 5) is 2.84. The van der Waals surface area contributed by atoms with Gasteiger partial charge in [0.05, 0.1) is 25.9 Å². The summed E-state index contributed by atoms with van der Waals surface area (Å²) in [6, 6.07) is 11.8. The fraction of sp³-hybridized carbons (Fsp3) is 0.739. The van der Waals surface area contributed by atoms with Crippen molar-refractivity contribution in [2.45, 2.75) is 81.1 Å². The topological polar surface area (TPSA) is 40.2 Å². The third kappa shape index (κ3) is 3.31. The molecular weight excluding hydrogens is 354 g/mol. The Bertz CT molecular complexity index is 664. The van der Waals surface area contributed by atoms with Crippen molar-refractivity contribution >= 4 is 0 Å². The summed E-state index contributed by atoms with van der Waals surface area (Å²) in [7, 11) is 1.84. The first-order valence-corrected chi connectivity index (χ1v) is 11.0. The van der Waals surface area contributed by atoms with Crippen molar-refractivity contribution in [3.63, 3.8) is 0 Å². The summed E-state index contributed by atoms with van der Waals surface area (Å²) >= 11 is 0. The fourth-order valence-corrected chi connectivity index (χ4v) is 6.30. The number of methoxy groups -OCH3 is 1. The van der Waals surface area contributed by atoms with Crippen molar-refractivity contribution in [1.29, 1.82) is 0 Å². The smallest absolute Gasteiger partial charge is 0.171 e. The molecule has 5 aliphatic rings. The van der Waals surface area contributed by atoms with Gasteiger partial charge in [0, 0.05) is 31.5 Å². The summed E-state index contributed by atoms with van der Waals surface area (Å²) in [6.07, 6.45) is 9.00. The minimum absolute atomic E-state index is 0.00805. The highest BCUT2D eigenvalue weighted by Crippen LogP contribution is 2.55. The monoisotopic (exact) mass is 387 g/mol. The van der Waals surface area contributed by atoms with E-state index in [0.29, 0.717) is 18.7 Å². The van der Waals surface area contributed by atoms with Crippen molar-refractivity contribution in [3.8, 4) is 0 Å². The van der Waals surface area contributed by atoms with Gasteiger partial charge >= 0.3 is 0 Å². The fourth-order valence-electron chi connectivity index (χ4n) is 6.30. The molecule has 5 atom stereocenters. The van der Waals surface area contributed by atoms with Crippen LogP contribution in [0.25, 0.3) is 0 Å². The van der Waals surface area contributed by atoms with Gasteiger partial charge in [-0.2, -0.15) is 0 Å². The molecule has 5 saturated heterocycles. The van der Waals surface area contributed by atoms with Crippen molar-refractivity contribution < 1.29 is 18.9 Å². The van der Waals surface area contributed by atoms with Crippen molar-refractivity contribution in [2.24, 2.45) is 0 Å². The third-order valence-electron chi connectivity index (χ3n) is 7.43. The quantitative estimate of drug-likeness (QED) is 0.737. The number of hydrogen-bond donors (Lipinski definition) is 0. The van der Waals surface area contributed by atoms with E-state index in [0.717, 1.165) is 45.3 Å². The molecular formula is C23H33NO4. The molecule has 1 aromatic rings. The zero-order valence-corrected chi connectivity index (χ0v) is 17.0. The number of nitrogens with zero attached hydrogens (tertiary/aromatic N) is 1. The van der Waals surface area contributed by atoms with Gasteiger partial charge in [-0.15, -0.1) is 0 Å². The van der Waals surface area contributed by atoms with Gasteiger partial charge in [0.15, 0.2) is 12.1 Å². The average Bonchev–Trinajstić information content (AvgIpc) is 3.11. The van der Waals surface area contributed by atoms with Crippen LogP contribution in [0.2, 0.25) is 0 Å². The lowest BCUT2D eigenvalue weighted by Gasteiger charge is -2.59. The Morgan fingerprint density at radius 3 is 2.79 bits per heavy atom. The molecule has 5 heteroatoms. The number of fused-ring (bicyclic) bond motifs is 2. The highest BCUT2D eigenvalue weighted by Gasteiger charge is 2.59. The van der Waals surface area contributed by atoms with E-state index in [4.69, 9.17) is 18.9 Å². The molecule has 5 nitrogen and oxygen atoms in total. The molecule has 0 radical (unpaired) electrons. The Balaban J connectivity index is 1.44. The van der Waals surface area contributed by atoms with Crippen LogP contribution in [0.3, 0.4) is 0 Å². The molecule has 5 heterocycles. The Kier molecular flexibility index (Phi) is 5.22. The molecule has 28 heavy (non-hydrogen) atoms. The summed E-state index contributed by atoms with van der Waals surface area (Å²) in [6.45, 7) is 2.19. The molecule has 0 amide bonds. The molecule has 4 bridgehead atoms. The standard InChI is InChI=1S/C23H33NO4/c1-25-23-15-19-9-5-11-22(17-23,12-6-10-21-26-13-14-27-21)24(19)20(16-28-23)18-7-3-2-4-8-18/h2-4,7-8,19-21H,5-6,9-17H2,1H3/t19-,20-,22-,23-/m0/s1.